The number of carbonyl (C=O) groups excluding carboxylic acids is 3. The van der Waals surface area contributed by atoms with Crippen molar-refractivity contribution in [2.45, 2.75) is 63.6 Å². The van der Waals surface area contributed by atoms with Crippen molar-refractivity contribution >= 4 is 46.5 Å². The van der Waals surface area contributed by atoms with Crippen LogP contribution in [0.4, 0.5) is 10.2 Å². The maximum absolute atomic E-state index is 14.1. The third-order valence-corrected chi connectivity index (χ3v) is 7.96. The third-order valence-electron chi connectivity index (χ3n) is 7.79. The van der Waals surface area contributed by atoms with Crippen molar-refractivity contribution in [3.05, 3.63) is 46.8 Å². The Morgan fingerprint density at radius 2 is 1.83 bits per heavy atom. The van der Waals surface area contributed by atoms with Gasteiger partial charge in [0.15, 0.2) is 35.4 Å². The number of halogens is 2. The van der Waals surface area contributed by atoms with Gasteiger partial charge in [0.25, 0.3) is 0 Å². The fourth-order valence-corrected chi connectivity index (χ4v) is 6.29. The second-order valence-corrected chi connectivity index (χ2v) is 10.9. The molecule has 3 aliphatic rings. The Bertz CT molecular complexity index is 1560. The van der Waals surface area contributed by atoms with Crippen LogP contribution in [-0.2, 0) is 45.2 Å². The Morgan fingerprint density at radius 1 is 1.10 bits per heavy atom. The minimum absolute atomic E-state index is 0.0388. The number of benzene rings is 1. The summed E-state index contributed by atoms with van der Waals surface area (Å²) in [5.74, 6) is -1.57. The second kappa shape index (κ2) is 10.2. The van der Waals surface area contributed by atoms with E-state index in [4.69, 9.17) is 30.5 Å². The van der Waals surface area contributed by atoms with Crippen LogP contribution in [0.15, 0.2) is 24.5 Å². The third kappa shape index (κ3) is 4.86. The summed E-state index contributed by atoms with van der Waals surface area (Å²) in [6.07, 6.45) is -0.928. The highest BCUT2D eigenvalue weighted by Gasteiger charge is 2.52. The monoisotopic (exact) mass is 587 g/mol. The molecule has 0 unspecified atom stereocenters. The highest BCUT2D eigenvalue weighted by atomic mass is 35.5. The molecule has 216 valence electrons. The topological polar surface area (TPSA) is 135 Å². The summed E-state index contributed by atoms with van der Waals surface area (Å²) in [6.45, 7) is 4.64. The summed E-state index contributed by atoms with van der Waals surface area (Å²) < 4.78 is 37.8. The molecule has 0 saturated carbocycles. The van der Waals surface area contributed by atoms with Crippen molar-refractivity contribution in [2.75, 3.05) is 24.6 Å². The second-order valence-electron chi connectivity index (χ2n) is 10.6. The first kappa shape index (κ1) is 27.3. The van der Waals surface area contributed by atoms with Gasteiger partial charge in [-0.2, -0.15) is 9.97 Å². The molecule has 2 aliphatic heterocycles. The molecule has 3 aromatic rings. The fraction of sp³-hybridized carbons (Fsp3) is 0.481. The Hall–Kier alpha value is -3.84. The minimum Gasteiger partial charge on any atom is -0.463 e. The normalized spacial score (nSPS) is 24.3. The molecule has 2 saturated heterocycles. The molecular weight excluding hydrogens is 561 g/mol. The van der Waals surface area contributed by atoms with Crippen LogP contribution in [0.1, 0.15) is 44.5 Å². The van der Waals surface area contributed by atoms with E-state index < -0.39 is 42.4 Å². The van der Waals surface area contributed by atoms with Gasteiger partial charge >= 0.3 is 17.9 Å². The van der Waals surface area contributed by atoms with Gasteiger partial charge in [-0.25, -0.2) is 9.37 Å². The van der Waals surface area contributed by atoms with Gasteiger partial charge in [-0.05, 0) is 47.7 Å². The van der Waals surface area contributed by atoms with Gasteiger partial charge in [0.1, 0.15) is 18.5 Å². The van der Waals surface area contributed by atoms with Crippen molar-refractivity contribution in [1.29, 1.82) is 0 Å². The SMILES string of the molecule is CC(=O)OC[C@H]1O[C@@H](n2cnc3c(N4CC5(CCc6ccc(F)cc65)C4)nc(Cl)nc32)[C@H](OC(C)=O)[C@@H]1OC(C)=O. The van der Waals surface area contributed by atoms with Crippen LogP contribution in [-0.4, -0.2) is 75.4 Å². The number of hydrogen-bond donors (Lipinski definition) is 0. The summed E-state index contributed by atoms with van der Waals surface area (Å²) in [7, 11) is 0. The zero-order chi connectivity index (χ0) is 29.1. The number of esters is 3. The van der Waals surface area contributed by atoms with E-state index in [2.05, 4.69) is 15.0 Å². The summed E-state index contributed by atoms with van der Waals surface area (Å²) >= 11 is 6.38. The first-order valence-corrected chi connectivity index (χ1v) is 13.5. The largest absolute Gasteiger partial charge is 0.463 e. The van der Waals surface area contributed by atoms with E-state index in [1.165, 1.54) is 37.7 Å². The first-order chi connectivity index (χ1) is 19.5. The molecule has 1 spiro atoms. The van der Waals surface area contributed by atoms with Crippen molar-refractivity contribution in [1.82, 2.24) is 19.5 Å². The molecule has 0 radical (unpaired) electrons. The van der Waals surface area contributed by atoms with Crippen molar-refractivity contribution in [3.8, 4) is 0 Å². The molecule has 4 atom stereocenters. The number of hydrogen-bond acceptors (Lipinski definition) is 11. The van der Waals surface area contributed by atoms with E-state index in [1.54, 1.807) is 6.07 Å². The molecule has 6 rings (SSSR count). The van der Waals surface area contributed by atoms with Gasteiger partial charge in [-0.1, -0.05) is 6.07 Å². The van der Waals surface area contributed by atoms with Crippen LogP contribution in [0.25, 0.3) is 11.2 Å². The lowest BCUT2D eigenvalue weighted by atomic mass is 9.74. The number of imidazole rings is 1. The maximum Gasteiger partial charge on any atom is 0.303 e. The van der Waals surface area contributed by atoms with E-state index in [0.717, 1.165) is 24.0 Å². The van der Waals surface area contributed by atoms with Crippen LogP contribution in [0.2, 0.25) is 5.28 Å². The number of fused-ring (bicyclic) bond motifs is 3. The molecule has 12 nitrogen and oxygen atoms in total. The number of carbonyl (C=O) groups is 3. The molecule has 41 heavy (non-hydrogen) atoms. The standard InChI is InChI=1S/C27H27ClFN5O7/c1-13(35)38-9-19-21(39-14(2)36)22(40-15(3)37)25(41-19)34-12-30-20-23(31-26(28)32-24(20)34)33-10-27(11-33)7-6-16-4-5-17(29)8-18(16)27/h4-5,8,12,19,21-22,25H,6-7,9-11H2,1-3H3/t19-,21-,22-,25-/m1/s1. The average molecular weight is 588 g/mol. The van der Waals surface area contributed by atoms with Crippen molar-refractivity contribution in [2.24, 2.45) is 0 Å². The van der Waals surface area contributed by atoms with Crippen LogP contribution in [0.5, 0.6) is 0 Å². The van der Waals surface area contributed by atoms with Gasteiger partial charge in [0, 0.05) is 39.3 Å². The number of nitrogens with zero attached hydrogens (tertiary/aromatic N) is 5. The van der Waals surface area contributed by atoms with Crippen LogP contribution >= 0.6 is 11.6 Å². The zero-order valence-corrected chi connectivity index (χ0v) is 23.3. The first-order valence-electron chi connectivity index (χ1n) is 13.1. The molecule has 1 aliphatic carbocycles. The Morgan fingerprint density at radius 3 is 2.54 bits per heavy atom. The zero-order valence-electron chi connectivity index (χ0n) is 22.5. The van der Waals surface area contributed by atoms with Gasteiger partial charge in [0.05, 0.1) is 6.33 Å². The summed E-state index contributed by atoms with van der Waals surface area (Å²) in [6, 6.07) is 4.96. The molecule has 1 aromatic carbocycles. The summed E-state index contributed by atoms with van der Waals surface area (Å²) in [5.41, 5.74) is 2.73. The van der Waals surface area contributed by atoms with E-state index in [0.29, 0.717) is 30.1 Å². The molecule has 4 heterocycles. The molecule has 0 N–H and O–H groups in total. The number of rotatable bonds is 6. The quantitative estimate of drug-likeness (QED) is 0.239. The van der Waals surface area contributed by atoms with Gasteiger partial charge in [0.2, 0.25) is 5.28 Å². The highest BCUT2D eigenvalue weighted by molar-refractivity contribution is 6.28. The number of aromatic nitrogens is 4. The molecule has 14 heteroatoms. The minimum atomic E-state index is -1.11. The van der Waals surface area contributed by atoms with Crippen molar-refractivity contribution in [3.63, 3.8) is 0 Å². The van der Waals surface area contributed by atoms with Crippen LogP contribution < -0.4 is 4.90 Å². The Kier molecular flexibility index (Phi) is 6.81. The molecular formula is C27H27ClFN5O7. The molecule has 2 fully saturated rings. The van der Waals surface area contributed by atoms with E-state index >= 15 is 0 Å². The molecule has 2 aromatic heterocycles. The van der Waals surface area contributed by atoms with Crippen LogP contribution in [0, 0.1) is 5.82 Å². The van der Waals surface area contributed by atoms with E-state index in [9.17, 15) is 18.8 Å². The Labute approximate surface area is 238 Å². The van der Waals surface area contributed by atoms with Gasteiger partial charge in [-0.3, -0.25) is 19.0 Å². The van der Waals surface area contributed by atoms with E-state index in [1.807, 2.05) is 11.0 Å². The molecule has 0 bridgehead atoms. The lowest BCUT2D eigenvalue weighted by Gasteiger charge is -2.49. The Balaban J connectivity index is 1.33. The lowest BCUT2D eigenvalue weighted by molar-refractivity contribution is -0.166. The van der Waals surface area contributed by atoms with Gasteiger partial charge in [-0.15, -0.1) is 0 Å². The lowest BCUT2D eigenvalue weighted by Crippen LogP contribution is -2.58. The average Bonchev–Trinajstić information content (AvgIpc) is 3.55. The number of aryl methyl sites for hydroxylation is 1. The maximum atomic E-state index is 14.1. The predicted molar refractivity (Wildman–Crippen MR) is 141 cm³/mol. The smallest absolute Gasteiger partial charge is 0.303 e. The predicted octanol–water partition coefficient (Wildman–Crippen LogP) is 2.65. The van der Waals surface area contributed by atoms with Crippen LogP contribution in [0.3, 0.4) is 0 Å². The van der Waals surface area contributed by atoms with Crippen molar-refractivity contribution < 1.29 is 37.7 Å². The fourth-order valence-electron chi connectivity index (χ4n) is 6.13. The summed E-state index contributed by atoms with van der Waals surface area (Å²) in [5, 5.41) is -0.0388. The summed E-state index contributed by atoms with van der Waals surface area (Å²) in [4.78, 5) is 50.9. The molecule has 0 amide bonds. The van der Waals surface area contributed by atoms with Gasteiger partial charge < -0.3 is 23.8 Å². The highest BCUT2D eigenvalue weighted by Crippen LogP contribution is 2.48. The number of anilines is 1. The van der Waals surface area contributed by atoms with E-state index in [-0.39, 0.29) is 23.1 Å². The number of ether oxygens (including phenoxy) is 4.